The third-order valence-corrected chi connectivity index (χ3v) is 7.55. The van der Waals surface area contributed by atoms with Crippen LogP contribution in [0.5, 0.6) is 0 Å². The number of nitrogens with one attached hydrogen (secondary N) is 1. The summed E-state index contributed by atoms with van der Waals surface area (Å²) in [5, 5.41) is 8.41. The monoisotopic (exact) mass is 431 g/mol. The van der Waals surface area contributed by atoms with Gasteiger partial charge in [0.15, 0.2) is 0 Å². The highest BCUT2D eigenvalue weighted by molar-refractivity contribution is 5.85. The van der Waals surface area contributed by atoms with Crippen molar-refractivity contribution in [1.29, 1.82) is 5.41 Å². The van der Waals surface area contributed by atoms with E-state index in [0.29, 0.717) is 23.7 Å². The van der Waals surface area contributed by atoms with Gasteiger partial charge >= 0.3 is 0 Å². The van der Waals surface area contributed by atoms with Crippen LogP contribution in [0.4, 0.5) is 0 Å². The Balaban J connectivity index is 2.36. The Bertz CT molecular complexity index is 870. The Kier molecular flexibility index (Phi) is 9.94. The van der Waals surface area contributed by atoms with Crippen molar-refractivity contribution in [3.63, 3.8) is 0 Å². The van der Waals surface area contributed by atoms with Gasteiger partial charge in [-0.3, -0.25) is 0 Å². The van der Waals surface area contributed by atoms with Gasteiger partial charge in [-0.25, -0.2) is 0 Å². The molecule has 0 saturated heterocycles. The van der Waals surface area contributed by atoms with Crippen molar-refractivity contribution in [2.75, 3.05) is 0 Å². The Morgan fingerprint density at radius 2 is 1.97 bits per heavy atom. The second-order valence-corrected chi connectivity index (χ2v) is 9.97. The van der Waals surface area contributed by atoms with E-state index >= 15 is 0 Å². The van der Waals surface area contributed by atoms with Crippen LogP contribution < -0.4 is 0 Å². The predicted octanol–water partition coefficient (Wildman–Crippen LogP) is 9.33. The van der Waals surface area contributed by atoms with E-state index in [1.165, 1.54) is 33.4 Å². The van der Waals surface area contributed by atoms with Crippen LogP contribution in [0.1, 0.15) is 80.1 Å². The van der Waals surface area contributed by atoms with Crippen LogP contribution >= 0.6 is 0 Å². The third-order valence-electron chi connectivity index (χ3n) is 7.55. The summed E-state index contributed by atoms with van der Waals surface area (Å²) in [6.07, 6.45) is 19.4. The topological polar surface area (TPSA) is 23.9 Å². The molecule has 32 heavy (non-hydrogen) atoms. The molecule has 2 rings (SSSR count). The van der Waals surface area contributed by atoms with Gasteiger partial charge in [0.1, 0.15) is 0 Å². The fourth-order valence-electron chi connectivity index (χ4n) is 4.67. The van der Waals surface area contributed by atoms with Gasteiger partial charge in [0.25, 0.3) is 0 Å². The van der Waals surface area contributed by atoms with Crippen LogP contribution in [-0.4, -0.2) is 5.71 Å². The molecule has 1 N–H and O–H groups in total. The zero-order valence-electron chi connectivity index (χ0n) is 21.4. The Morgan fingerprint density at radius 3 is 2.62 bits per heavy atom. The van der Waals surface area contributed by atoms with E-state index in [1.54, 1.807) is 0 Å². The molecule has 0 amide bonds. The van der Waals surface area contributed by atoms with Crippen LogP contribution in [0, 0.1) is 29.1 Å². The lowest BCUT2D eigenvalue weighted by Gasteiger charge is -2.32. The maximum atomic E-state index is 8.41. The minimum atomic E-state index is 0.353. The summed E-state index contributed by atoms with van der Waals surface area (Å²) in [7, 11) is 0. The molecule has 0 aromatic carbocycles. The van der Waals surface area contributed by atoms with E-state index in [4.69, 9.17) is 5.41 Å². The number of hydrogen-bond donors (Lipinski definition) is 1. The number of rotatable bonds is 10. The summed E-state index contributed by atoms with van der Waals surface area (Å²) in [6.45, 7) is 22.3. The fraction of sp³-hybridized carbons (Fsp3) is 0.516. The maximum absolute atomic E-state index is 8.41. The zero-order valence-corrected chi connectivity index (χ0v) is 21.4. The molecule has 174 valence electrons. The molecule has 4 unspecified atom stereocenters. The Morgan fingerprint density at radius 1 is 1.25 bits per heavy atom. The van der Waals surface area contributed by atoms with E-state index in [0.717, 1.165) is 44.2 Å². The molecule has 0 aliphatic heterocycles. The molecule has 0 aromatic heterocycles. The Hall–Kier alpha value is -2.15. The van der Waals surface area contributed by atoms with Crippen LogP contribution in [0.15, 0.2) is 83.1 Å². The molecule has 4 atom stereocenters. The molecule has 0 bridgehead atoms. The maximum Gasteiger partial charge on any atom is 0.0136 e. The number of allylic oxidation sites excluding steroid dienone is 12. The third kappa shape index (κ3) is 6.92. The van der Waals surface area contributed by atoms with Crippen molar-refractivity contribution < 1.29 is 0 Å². The van der Waals surface area contributed by atoms with E-state index in [2.05, 4.69) is 91.2 Å². The minimum Gasteiger partial charge on any atom is -0.309 e. The fourth-order valence-corrected chi connectivity index (χ4v) is 4.67. The average molecular weight is 432 g/mol. The highest BCUT2D eigenvalue weighted by Crippen LogP contribution is 2.39. The first kappa shape index (κ1) is 26.1. The van der Waals surface area contributed by atoms with Gasteiger partial charge in [-0.15, -0.1) is 0 Å². The molecule has 0 radical (unpaired) electrons. The minimum absolute atomic E-state index is 0.353. The smallest absolute Gasteiger partial charge is 0.0136 e. The van der Waals surface area contributed by atoms with Gasteiger partial charge in [0.2, 0.25) is 0 Å². The van der Waals surface area contributed by atoms with Crippen molar-refractivity contribution in [1.82, 2.24) is 0 Å². The van der Waals surface area contributed by atoms with Crippen LogP contribution in [0.2, 0.25) is 0 Å². The van der Waals surface area contributed by atoms with Gasteiger partial charge < -0.3 is 5.41 Å². The standard InChI is InChI=1S/C31H45N/c1-9-21(3)25(7)19-28(31-20-29(32)16-17-30(31)22(4)10-2)15-14-24(6)27-13-11-12-23(5)26(8)18-27/h11-13,15,17-18,22-23,25,31-32H,3,6,9-10,14,16,19-20H2,1-2,4-5,7-8H3. The molecule has 1 nitrogen and oxygen atoms in total. The molecular formula is C31H45N. The highest BCUT2D eigenvalue weighted by atomic mass is 14.4. The molecule has 0 spiro atoms. The lowest BCUT2D eigenvalue weighted by Crippen LogP contribution is -2.22. The quantitative estimate of drug-likeness (QED) is 0.333. The number of hydrogen-bond acceptors (Lipinski definition) is 1. The largest absolute Gasteiger partial charge is 0.309 e. The Labute approximate surface area is 198 Å². The van der Waals surface area contributed by atoms with Gasteiger partial charge in [-0.2, -0.15) is 0 Å². The normalized spacial score (nSPS) is 23.6. The zero-order chi connectivity index (χ0) is 23.8. The molecule has 0 heterocycles. The van der Waals surface area contributed by atoms with Crippen LogP contribution in [0.3, 0.4) is 0 Å². The summed E-state index contributed by atoms with van der Waals surface area (Å²) in [5.41, 5.74) is 8.97. The summed E-state index contributed by atoms with van der Waals surface area (Å²) < 4.78 is 0. The first-order valence-electron chi connectivity index (χ1n) is 12.5. The lowest BCUT2D eigenvalue weighted by atomic mass is 9.73. The second kappa shape index (κ2) is 12.2. The summed E-state index contributed by atoms with van der Waals surface area (Å²) >= 11 is 0. The van der Waals surface area contributed by atoms with Gasteiger partial charge in [0, 0.05) is 18.1 Å². The van der Waals surface area contributed by atoms with Crippen molar-refractivity contribution in [2.24, 2.45) is 23.7 Å². The molecule has 2 aliphatic carbocycles. The van der Waals surface area contributed by atoms with Crippen LogP contribution in [-0.2, 0) is 0 Å². The summed E-state index contributed by atoms with van der Waals surface area (Å²) in [4.78, 5) is 0. The van der Waals surface area contributed by atoms with E-state index in [9.17, 15) is 0 Å². The SMILES string of the molecule is C=C(CC=C(CC(C)C(=C)CC)C1CC(=N)CC=C1C(C)CC)C1=CC=CC(C)C(C)=C1. The second-order valence-electron chi connectivity index (χ2n) is 9.97. The predicted molar refractivity (Wildman–Crippen MR) is 143 cm³/mol. The van der Waals surface area contributed by atoms with Crippen molar-refractivity contribution in [2.45, 2.75) is 80.1 Å². The summed E-state index contributed by atoms with van der Waals surface area (Å²) in [6, 6.07) is 0. The van der Waals surface area contributed by atoms with Gasteiger partial charge in [-0.05, 0) is 67.9 Å². The van der Waals surface area contributed by atoms with Gasteiger partial charge in [-0.1, -0.05) is 107 Å². The van der Waals surface area contributed by atoms with Crippen molar-refractivity contribution in [3.05, 3.63) is 83.1 Å². The van der Waals surface area contributed by atoms with Crippen LogP contribution in [0.25, 0.3) is 0 Å². The van der Waals surface area contributed by atoms with E-state index in [1.807, 2.05) is 0 Å². The molecular weight excluding hydrogens is 386 g/mol. The van der Waals surface area contributed by atoms with E-state index in [-0.39, 0.29) is 0 Å². The summed E-state index contributed by atoms with van der Waals surface area (Å²) in [5.74, 6) is 1.84. The first-order valence-corrected chi connectivity index (χ1v) is 12.5. The molecule has 0 fully saturated rings. The lowest BCUT2D eigenvalue weighted by molar-refractivity contribution is 0.520. The average Bonchev–Trinajstić information content (AvgIpc) is 2.95. The van der Waals surface area contributed by atoms with Crippen molar-refractivity contribution in [3.8, 4) is 0 Å². The van der Waals surface area contributed by atoms with Crippen molar-refractivity contribution >= 4 is 5.71 Å². The molecule has 1 heteroatoms. The molecule has 2 aliphatic rings. The van der Waals surface area contributed by atoms with E-state index < -0.39 is 0 Å². The molecule has 0 aromatic rings. The van der Waals surface area contributed by atoms with Gasteiger partial charge in [0.05, 0.1) is 0 Å². The first-order chi connectivity index (χ1) is 15.2. The highest BCUT2D eigenvalue weighted by Gasteiger charge is 2.28. The molecule has 0 saturated carbocycles.